The van der Waals surface area contributed by atoms with Crippen molar-refractivity contribution in [3.8, 4) is 0 Å². The number of carboxylic acids is 1. The fraction of sp³-hybridized carbons (Fsp3) is 0.524. The van der Waals surface area contributed by atoms with Gasteiger partial charge in [0.25, 0.3) is 0 Å². The van der Waals surface area contributed by atoms with Gasteiger partial charge in [0.2, 0.25) is 5.91 Å². The van der Waals surface area contributed by atoms with E-state index >= 15 is 0 Å². The topological polar surface area (TPSA) is 77.8 Å². The van der Waals surface area contributed by atoms with Gasteiger partial charge in [-0.25, -0.2) is 0 Å². The van der Waals surface area contributed by atoms with Crippen molar-refractivity contribution in [2.24, 2.45) is 0 Å². The van der Waals surface area contributed by atoms with Crippen molar-refractivity contribution >= 4 is 35.2 Å². The van der Waals surface area contributed by atoms with Gasteiger partial charge in [0.1, 0.15) is 0 Å². The highest BCUT2D eigenvalue weighted by Crippen LogP contribution is 2.21. The van der Waals surface area contributed by atoms with E-state index in [1.54, 1.807) is 6.08 Å². The lowest BCUT2D eigenvalue weighted by atomic mass is 9.99. The maximum atomic E-state index is 12.3. The molecule has 0 aromatic heterocycles. The van der Waals surface area contributed by atoms with Crippen molar-refractivity contribution in [1.29, 1.82) is 0 Å². The number of hydrogen-bond donors (Lipinski definition) is 2. The number of aliphatic hydroxyl groups excluding tert-OH is 1. The molecule has 1 fully saturated rings. The van der Waals surface area contributed by atoms with Crippen LogP contribution in [-0.4, -0.2) is 57.2 Å². The minimum absolute atomic E-state index is 0.0211. The van der Waals surface area contributed by atoms with Gasteiger partial charge in [-0.1, -0.05) is 35.9 Å². The van der Waals surface area contributed by atoms with Crippen LogP contribution in [0.5, 0.6) is 0 Å². The Morgan fingerprint density at radius 3 is 2.79 bits per heavy atom. The van der Waals surface area contributed by atoms with E-state index in [0.29, 0.717) is 24.4 Å². The highest BCUT2D eigenvalue weighted by Gasteiger charge is 2.25. The zero-order valence-electron chi connectivity index (χ0n) is 15.9. The summed E-state index contributed by atoms with van der Waals surface area (Å²) in [5.41, 5.74) is 1.01. The molecule has 0 bridgehead atoms. The first-order valence-electron chi connectivity index (χ1n) is 9.65. The van der Waals surface area contributed by atoms with E-state index in [1.165, 1.54) is 11.8 Å². The summed E-state index contributed by atoms with van der Waals surface area (Å²) < 4.78 is 0. The van der Waals surface area contributed by atoms with Crippen LogP contribution in [0.2, 0.25) is 5.02 Å². The summed E-state index contributed by atoms with van der Waals surface area (Å²) in [4.78, 5) is 24.7. The second kappa shape index (κ2) is 12.1. The Hall–Kier alpha value is -1.50. The minimum atomic E-state index is -0.793. The first-order chi connectivity index (χ1) is 13.5. The molecule has 0 aliphatic carbocycles. The molecule has 0 saturated carbocycles. The van der Waals surface area contributed by atoms with Crippen LogP contribution in [0.25, 0.3) is 0 Å². The molecule has 1 unspecified atom stereocenters. The smallest absolute Gasteiger partial charge is 0.313 e. The van der Waals surface area contributed by atoms with Crippen LogP contribution in [0.3, 0.4) is 0 Å². The van der Waals surface area contributed by atoms with Crippen LogP contribution >= 0.6 is 23.4 Å². The number of halogens is 1. The molecule has 2 N–H and O–H groups in total. The Morgan fingerprint density at radius 2 is 2.07 bits per heavy atom. The number of carbonyl (C=O) groups is 2. The first-order valence-corrected chi connectivity index (χ1v) is 11.2. The van der Waals surface area contributed by atoms with Gasteiger partial charge in [-0.05, 0) is 49.1 Å². The number of carboxylic acid groups (broad SMARTS) is 1. The SMILES string of the molecule is O=C(O)CSCCCCN1C(=O)CCC[C@@H]1/C=C/C(O)Cc1ccc(Cl)cc1. The van der Waals surface area contributed by atoms with E-state index in [4.69, 9.17) is 16.7 Å². The van der Waals surface area contributed by atoms with Crippen molar-refractivity contribution in [3.05, 3.63) is 47.0 Å². The predicted molar refractivity (Wildman–Crippen MR) is 114 cm³/mol. The van der Waals surface area contributed by atoms with Gasteiger partial charge in [0, 0.05) is 24.4 Å². The summed E-state index contributed by atoms with van der Waals surface area (Å²) in [6, 6.07) is 7.44. The quantitative estimate of drug-likeness (QED) is 0.416. The molecule has 1 amide bonds. The summed E-state index contributed by atoms with van der Waals surface area (Å²) in [6.07, 6.45) is 7.74. The molecule has 1 aliphatic rings. The monoisotopic (exact) mass is 425 g/mol. The number of rotatable bonds is 11. The molecule has 1 saturated heterocycles. The van der Waals surface area contributed by atoms with Crippen LogP contribution in [0.15, 0.2) is 36.4 Å². The van der Waals surface area contributed by atoms with E-state index in [9.17, 15) is 14.7 Å². The Bertz CT molecular complexity index is 665. The molecule has 28 heavy (non-hydrogen) atoms. The van der Waals surface area contributed by atoms with E-state index < -0.39 is 12.1 Å². The van der Waals surface area contributed by atoms with Gasteiger partial charge in [0.05, 0.1) is 17.9 Å². The van der Waals surface area contributed by atoms with Gasteiger partial charge < -0.3 is 15.1 Å². The number of aliphatic hydroxyl groups is 1. The molecule has 0 radical (unpaired) electrons. The molecule has 7 heteroatoms. The molecule has 1 aliphatic heterocycles. The Morgan fingerprint density at radius 1 is 1.32 bits per heavy atom. The van der Waals surface area contributed by atoms with Gasteiger partial charge in [-0.15, -0.1) is 0 Å². The highest BCUT2D eigenvalue weighted by molar-refractivity contribution is 7.99. The Labute approximate surface area is 175 Å². The minimum Gasteiger partial charge on any atom is -0.481 e. The maximum Gasteiger partial charge on any atom is 0.313 e. The van der Waals surface area contributed by atoms with E-state index in [2.05, 4.69) is 0 Å². The lowest BCUT2D eigenvalue weighted by Crippen LogP contribution is -2.43. The van der Waals surface area contributed by atoms with Crippen LogP contribution in [0.4, 0.5) is 0 Å². The number of benzene rings is 1. The summed E-state index contributed by atoms with van der Waals surface area (Å²) in [5, 5.41) is 19.6. The van der Waals surface area contributed by atoms with Gasteiger partial charge in [-0.3, -0.25) is 9.59 Å². The Kier molecular flexibility index (Phi) is 9.88. The van der Waals surface area contributed by atoms with Crippen LogP contribution < -0.4 is 0 Å². The summed E-state index contributed by atoms with van der Waals surface area (Å²) in [7, 11) is 0. The Balaban J connectivity index is 1.81. The van der Waals surface area contributed by atoms with Crippen molar-refractivity contribution in [2.75, 3.05) is 18.1 Å². The molecule has 1 aromatic carbocycles. The third kappa shape index (κ3) is 8.25. The number of thioether (sulfide) groups is 1. The fourth-order valence-corrected chi connectivity index (χ4v) is 4.12. The van der Waals surface area contributed by atoms with Crippen molar-refractivity contribution in [1.82, 2.24) is 4.90 Å². The third-order valence-electron chi connectivity index (χ3n) is 4.69. The lowest BCUT2D eigenvalue weighted by Gasteiger charge is -2.34. The standard InChI is InChI=1S/C21H28ClNO4S/c22-17-8-6-16(7-9-17)14-19(24)11-10-18-4-3-5-20(25)23(18)12-1-2-13-28-15-21(26)27/h6-11,18-19,24H,1-5,12-15H2,(H,26,27)/b11-10+/t18-,19?/m1/s1. The van der Waals surface area contributed by atoms with E-state index in [1.807, 2.05) is 35.2 Å². The molecular weight excluding hydrogens is 398 g/mol. The molecule has 2 rings (SSSR count). The van der Waals surface area contributed by atoms with Crippen LogP contribution in [-0.2, 0) is 16.0 Å². The number of unbranched alkanes of at least 4 members (excludes halogenated alkanes) is 1. The summed E-state index contributed by atoms with van der Waals surface area (Å²) in [6.45, 7) is 0.675. The van der Waals surface area contributed by atoms with E-state index in [-0.39, 0.29) is 17.7 Å². The van der Waals surface area contributed by atoms with Gasteiger partial charge in [0.15, 0.2) is 0 Å². The molecular formula is C21H28ClNO4S. The largest absolute Gasteiger partial charge is 0.481 e. The van der Waals surface area contributed by atoms with E-state index in [0.717, 1.165) is 37.0 Å². The number of nitrogens with zero attached hydrogens (tertiary/aromatic N) is 1. The molecule has 1 heterocycles. The molecule has 0 spiro atoms. The average Bonchev–Trinajstić information content (AvgIpc) is 2.66. The number of piperidine rings is 1. The summed E-state index contributed by atoms with van der Waals surface area (Å²) >= 11 is 7.29. The van der Waals surface area contributed by atoms with Crippen LogP contribution in [0, 0.1) is 0 Å². The second-order valence-corrected chi connectivity index (χ2v) is 8.52. The average molecular weight is 426 g/mol. The molecule has 1 aromatic rings. The lowest BCUT2D eigenvalue weighted by molar-refractivity contribution is -0.135. The number of carbonyl (C=O) groups excluding carboxylic acids is 1. The predicted octanol–water partition coefficient (Wildman–Crippen LogP) is 3.78. The molecule has 154 valence electrons. The fourth-order valence-electron chi connectivity index (χ4n) is 3.27. The highest BCUT2D eigenvalue weighted by atomic mass is 35.5. The van der Waals surface area contributed by atoms with Gasteiger partial charge in [-0.2, -0.15) is 11.8 Å². The van der Waals surface area contributed by atoms with Crippen molar-refractivity contribution in [2.45, 2.75) is 50.7 Å². The number of aliphatic carboxylic acids is 1. The number of hydrogen-bond acceptors (Lipinski definition) is 4. The van der Waals surface area contributed by atoms with Crippen LogP contribution in [0.1, 0.15) is 37.7 Å². The summed E-state index contributed by atoms with van der Waals surface area (Å²) in [5.74, 6) is 0.276. The number of likely N-dealkylation sites (tertiary alicyclic amines) is 1. The van der Waals surface area contributed by atoms with Crippen molar-refractivity contribution in [3.63, 3.8) is 0 Å². The van der Waals surface area contributed by atoms with Crippen molar-refractivity contribution < 1.29 is 19.8 Å². The second-order valence-electron chi connectivity index (χ2n) is 6.98. The molecule has 5 nitrogen and oxygen atoms in total. The zero-order chi connectivity index (χ0) is 20.4. The number of amides is 1. The maximum absolute atomic E-state index is 12.3. The zero-order valence-corrected chi connectivity index (χ0v) is 17.5. The third-order valence-corrected chi connectivity index (χ3v) is 5.97. The molecule has 2 atom stereocenters. The van der Waals surface area contributed by atoms with Gasteiger partial charge >= 0.3 is 5.97 Å². The first kappa shape index (κ1) is 22.8. The normalized spacial score (nSPS) is 18.6.